The van der Waals surface area contributed by atoms with Crippen molar-refractivity contribution in [3.8, 4) is 5.75 Å². The van der Waals surface area contributed by atoms with E-state index in [1.165, 1.54) is 19.1 Å². The van der Waals surface area contributed by atoms with Crippen molar-refractivity contribution in [2.45, 2.75) is 56.5 Å². The van der Waals surface area contributed by atoms with Crippen molar-refractivity contribution in [3.05, 3.63) is 36.2 Å². The van der Waals surface area contributed by atoms with Crippen molar-refractivity contribution in [3.63, 3.8) is 0 Å². The van der Waals surface area contributed by atoms with Crippen molar-refractivity contribution in [1.82, 2.24) is 14.5 Å². The number of nitrogens with one attached hydrogen (secondary N) is 1. The Labute approximate surface area is 170 Å². The highest BCUT2D eigenvalue weighted by molar-refractivity contribution is 7.89. The Morgan fingerprint density at radius 2 is 2.00 bits per heavy atom. The van der Waals surface area contributed by atoms with Gasteiger partial charge < -0.3 is 9.64 Å². The second-order valence-electron chi connectivity index (χ2n) is 7.77. The number of hydrogen-bond acceptors (Lipinski definition) is 5. The van der Waals surface area contributed by atoms with E-state index in [4.69, 9.17) is 4.74 Å². The molecule has 1 N–H and O–H groups in total. The van der Waals surface area contributed by atoms with Crippen LogP contribution in [0.1, 0.15) is 44.2 Å². The monoisotopic (exact) mass is 418 g/mol. The van der Waals surface area contributed by atoms with E-state index in [-0.39, 0.29) is 16.8 Å². The molecule has 1 saturated carbocycles. The van der Waals surface area contributed by atoms with Crippen LogP contribution in [0.5, 0.6) is 5.75 Å². The van der Waals surface area contributed by atoms with Gasteiger partial charge in [0.05, 0.1) is 29.4 Å². The Morgan fingerprint density at radius 3 is 2.66 bits per heavy atom. The number of sulfonamides is 1. The van der Waals surface area contributed by atoms with Crippen molar-refractivity contribution in [1.29, 1.82) is 0 Å². The first-order valence-electron chi connectivity index (χ1n) is 9.91. The van der Waals surface area contributed by atoms with Crippen molar-refractivity contribution >= 4 is 21.6 Å². The van der Waals surface area contributed by atoms with Crippen molar-refractivity contribution in [2.75, 3.05) is 18.1 Å². The van der Waals surface area contributed by atoms with Gasteiger partial charge in [0.2, 0.25) is 15.9 Å². The Kier molecular flexibility index (Phi) is 5.35. The molecule has 8 nitrogen and oxygen atoms in total. The average Bonchev–Trinajstić information content (AvgIpc) is 3.13. The standard InChI is InChI=1S/C20H26N4O4S/c1-14-12-21-24(13-14)17-5-3-16(4-6-17)22-29(26,27)18-7-8-20-19(11-18)23(15(2)25)9-10-28-20/h7-8,11-13,16-17,22H,3-6,9-10H2,1-2H3. The number of hydrogen-bond donors (Lipinski definition) is 1. The van der Waals surface area contributed by atoms with Gasteiger partial charge in [0.15, 0.2) is 0 Å². The number of ether oxygens (including phenoxy) is 1. The number of amides is 1. The Bertz CT molecular complexity index is 1010. The van der Waals surface area contributed by atoms with E-state index in [9.17, 15) is 13.2 Å². The lowest BCUT2D eigenvalue weighted by atomic mass is 9.92. The molecule has 0 bridgehead atoms. The van der Waals surface area contributed by atoms with Crippen LogP contribution in [0.15, 0.2) is 35.5 Å². The van der Waals surface area contributed by atoms with E-state index >= 15 is 0 Å². The van der Waals surface area contributed by atoms with E-state index in [1.807, 2.05) is 24.0 Å². The maximum absolute atomic E-state index is 12.9. The molecule has 0 atom stereocenters. The van der Waals surface area contributed by atoms with Gasteiger partial charge in [0, 0.05) is 19.2 Å². The van der Waals surface area contributed by atoms with E-state index in [0.717, 1.165) is 31.2 Å². The Balaban J connectivity index is 1.46. The second kappa shape index (κ2) is 7.79. The molecule has 1 aromatic carbocycles. The maximum atomic E-state index is 12.9. The third-order valence-corrected chi connectivity index (χ3v) is 7.13. The predicted octanol–water partition coefficient (Wildman–Crippen LogP) is 2.40. The molecule has 1 aromatic heterocycles. The molecule has 4 rings (SSSR count). The smallest absolute Gasteiger partial charge is 0.240 e. The molecular weight excluding hydrogens is 392 g/mol. The van der Waals surface area contributed by atoms with Gasteiger partial charge in [-0.1, -0.05) is 0 Å². The van der Waals surface area contributed by atoms with Crippen LogP contribution < -0.4 is 14.4 Å². The first-order valence-corrected chi connectivity index (χ1v) is 11.4. The summed E-state index contributed by atoms with van der Waals surface area (Å²) in [6.07, 6.45) is 7.16. The summed E-state index contributed by atoms with van der Waals surface area (Å²) in [5, 5.41) is 4.38. The summed E-state index contributed by atoms with van der Waals surface area (Å²) in [6, 6.07) is 4.88. The molecule has 2 heterocycles. The average molecular weight is 419 g/mol. The molecule has 1 aliphatic carbocycles. The molecule has 1 fully saturated rings. The first kappa shape index (κ1) is 19.9. The number of anilines is 1. The zero-order chi connectivity index (χ0) is 20.6. The van der Waals surface area contributed by atoms with Gasteiger partial charge in [-0.25, -0.2) is 13.1 Å². The zero-order valence-corrected chi connectivity index (χ0v) is 17.5. The van der Waals surface area contributed by atoms with Crippen molar-refractivity contribution < 1.29 is 17.9 Å². The van der Waals surface area contributed by atoms with Gasteiger partial charge in [-0.3, -0.25) is 9.48 Å². The summed E-state index contributed by atoms with van der Waals surface area (Å²) in [6.45, 7) is 4.29. The van der Waals surface area contributed by atoms with Gasteiger partial charge in [0.25, 0.3) is 0 Å². The summed E-state index contributed by atoms with van der Waals surface area (Å²) >= 11 is 0. The molecule has 0 unspecified atom stereocenters. The molecule has 156 valence electrons. The molecule has 1 amide bonds. The van der Waals surface area contributed by atoms with Crippen LogP contribution in [-0.2, 0) is 14.8 Å². The highest BCUT2D eigenvalue weighted by Crippen LogP contribution is 2.34. The fourth-order valence-corrected chi connectivity index (χ4v) is 5.39. The molecule has 2 aromatic rings. The number of carbonyl (C=O) groups is 1. The number of fused-ring (bicyclic) bond motifs is 1. The summed E-state index contributed by atoms with van der Waals surface area (Å²) < 4.78 is 36.3. The molecular formula is C20H26N4O4S. The summed E-state index contributed by atoms with van der Waals surface area (Å²) in [4.78, 5) is 13.6. The topological polar surface area (TPSA) is 93.5 Å². The zero-order valence-electron chi connectivity index (χ0n) is 16.7. The number of benzene rings is 1. The van der Waals surface area contributed by atoms with Crippen molar-refractivity contribution in [2.24, 2.45) is 0 Å². The van der Waals surface area contributed by atoms with E-state index in [0.29, 0.717) is 30.6 Å². The Morgan fingerprint density at radius 1 is 1.24 bits per heavy atom. The number of nitrogens with zero attached hydrogens (tertiary/aromatic N) is 3. The lowest BCUT2D eigenvalue weighted by Crippen LogP contribution is -2.39. The minimum atomic E-state index is -3.69. The molecule has 0 radical (unpaired) electrons. The van der Waals surface area contributed by atoms with Crippen LogP contribution in [0.4, 0.5) is 5.69 Å². The minimum absolute atomic E-state index is 0.107. The third-order valence-electron chi connectivity index (χ3n) is 5.61. The molecule has 0 spiro atoms. The fraction of sp³-hybridized carbons (Fsp3) is 0.500. The van der Waals surface area contributed by atoms with Crippen LogP contribution in [-0.4, -0.2) is 43.3 Å². The highest BCUT2D eigenvalue weighted by Gasteiger charge is 2.29. The summed E-state index contributed by atoms with van der Waals surface area (Å²) in [5.74, 6) is 0.393. The van der Waals surface area contributed by atoms with Gasteiger partial charge in [-0.15, -0.1) is 0 Å². The fourth-order valence-electron chi connectivity index (χ4n) is 4.07. The summed E-state index contributed by atoms with van der Waals surface area (Å²) in [7, 11) is -3.69. The van der Waals surface area contributed by atoms with Crippen LogP contribution in [0.25, 0.3) is 0 Å². The number of aromatic nitrogens is 2. The normalized spacial score (nSPS) is 22.1. The van der Waals surface area contributed by atoms with Gasteiger partial charge >= 0.3 is 0 Å². The van der Waals surface area contributed by atoms with E-state index in [1.54, 1.807) is 11.0 Å². The number of rotatable bonds is 4. The number of carbonyl (C=O) groups excluding carboxylic acids is 1. The predicted molar refractivity (Wildman–Crippen MR) is 109 cm³/mol. The molecule has 9 heteroatoms. The van der Waals surface area contributed by atoms with Gasteiger partial charge in [0.1, 0.15) is 12.4 Å². The van der Waals surface area contributed by atoms with Gasteiger partial charge in [-0.2, -0.15) is 5.10 Å². The highest BCUT2D eigenvalue weighted by atomic mass is 32.2. The maximum Gasteiger partial charge on any atom is 0.240 e. The van der Waals surface area contributed by atoms with Crippen LogP contribution in [0.2, 0.25) is 0 Å². The van der Waals surface area contributed by atoms with E-state index < -0.39 is 10.0 Å². The first-order chi connectivity index (χ1) is 13.8. The molecule has 2 aliphatic rings. The summed E-state index contributed by atoms with van der Waals surface area (Å²) in [5.41, 5.74) is 1.63. The van der Waals surface area contributed by atoms with Crippen LogP contribution in [0, 0.1) is 6.92 Å². The second-order valence-corrected chi connectivity index (χ2v) is 9.49. The SMILES string of the molecule is CC(=O)N1CCOc2ccc(S(=O)(=O)NC3CCC(n4cc(C)cn4)CC3)cc21. The molecule has 0 saturated heterocycles. The lowest BCUT2D eigenvalue weighted by Gasteiger charge is -2.30. The largest absolute Gasteiger partial charge is 0.490 e. The van der Waals surface area contributed by atoms with E-state index in [2.05, 4.69) is 9.82 Å². The third kappa shape index (κ3) is 4.16. The van der Waals surface area contributed by atoms with Gasteiger partial charge in [-0.05, 0) is 56.4 Å². The van der Waals surface area contributed by atoms with Crippen LogP contribution >= 0.6 is 0 Å². The molecule has 1 aliphatic heterocycles. The quantitative estimate of drug-likeness (QED) is 0.823. The minimum Gasteiger partial charge on any atom is -0.490 e. The molecule has 29 heavy (non-hydrogen) atoms. The van der Waals surface area contributed by atoms with Crippen LogP contribution in [0.3, 0.4) is 0 Å². The Hall–Kier alpha value is -2.39. The number of aryl methyl sites for hydroxylation is 1. The lowest BCUT2D eigenvalue weighted by molar-refractivity contribution is -0.116.